The Morgan fingerprint density at radius 2 is 1.80 bits per heavy atom. The second-order valence-corrected chi connectivity index (χ2v) is 6.41. The van der Waals surface area contributed by atoms with E-state index in [2.05, 4.69) is 0 Å². The van der Waals surface area contributed by atoms with Crippen LogP contribution >= 0.6 is 0 Å². The second kappa shape index (κ2) is 6.55. The number of aryl methyl sites for hydroxylation is 2. The van der Waals surface area contributed by atoms with Gasteiger partial charge in [0.05, 0.1) is 10.9 Å². The van der Waals surface area contributed by atoms with E-state index in [1.54, 1.807) is 6.07 Å². The first kappa shape index (κ1) is 17.0. The summed E-state index contributed by atoms with van der Waals surface area (Å²) >= 11 is 0. The van der Waals surface area contributed by atoms with Crippen molar-refractivity contribution in [1.29, 1.82) is 0 Å². The van der Waals surface area contributed by atoms with Gasteiger partial charge in [-0.1, -0.05) is 36.4 Å². The quantitative estimate of drug-likeness (QED) is 0.724. The Hall–Kier alpha value is -2.88. The van der Waals surface area contributed by atoms with Crippen molar-refractivity contribution < 1.29 is 14.3 Å². The van der Waals surface area contributed by atoms with E-state index in [-0.39, 0.29) is 23.5 Å². The molecule has 3 aromatic rings. The maximum absolute atomic E-state index is 12.7. The van der Waals surface area contributed by atoms with Gasteiger partial charge in [0.15, 0.2) is 0 Å². The molecule has 0 amide bonds. The minimum absolute atomic E-state index is 0.0622. The summed E-state index contributed by atoms with van der Waals surface area (Å²) in [7, 11) is 0. The average molecular weight is 336 g/mol. The lowest BCUT2D eigenvalue weighted by Gasteiger charge is -2.18. The van der Waals surface area contributed by atoms with Gasteiger partial charge in [-0.3, -0.25) is 4.79 Å². The predicted octanol–water partition coefficient (Wildman–Crippen LogP) is 4.23. The molecule has 0 spiro atoms. The molecule has 0 radical (unpaired) electrons. The third-order valence-corrected chi connectivity index (χ3v) is 4.64. The monoisotopic (exact) mass is 336 g/mol. The highest BCUT2D eigenvalue weighted by atomic mass is 16.4. The van der Waals surface area contributed by atoms with Crippen LogP contribution in [-0.2, 0) is 4.79 Å². The predicted molar refractivity (Wildman–Crippen MR) is 97.2 cm³/mol. The van der Waals surface area contributed by atoms with E-state index in [0.29, 0.717) is 11.0 Å². The molecule has 0 bridgehead atoms. The van der Waals surface area contributed by atoms with Crippen LogP contribution in [0.25, 0.3) is 11.0 Å². The molecule has 25 heavy (non-hydrogen) atoms. The van der Waals surface area contributed by atoms with Gasteiger partial charge in [-0.05, 0) is 43.5 Å². The first-order valence-corrected chi connectivity index (χ1v) is 8.20. The number of hydrogen-bond acceptors (Lipinski definition) is 4. The van der Waals surface area contributed by atoms with Gasteiger partial charge in [0, 0.05) is 12.3 Å². The summed E-state index contributed by atoms with van der Waals surface area (Å²) in [6.45, 7) is 5.25. The highest BCUT2D eigenvalue weighted by molar-refractivity contribution is 5.88. The lowest BCUT2D eigenvalue weighted by atomic mass is 9.87. The number of aromatic hydroxyl groups is 1. The van der Waals surface area contributed by atoms with Crippen molar-refractivity contribution >= 4 is 16.8 Å². The number of hydrogen-bond donors (Lipinski definition) is 1. The third kappa shape index (κ3) is 3.07. The maximum atomic E-state index is 12.7. The van der Waals surface area contributed by atoms with E-state index < -0.39 is 11.5 Å². The van der Waals surface area contributed by atoms with Crippen molar-refractivity contribution in [2.24, 2.45) is 0 Å². The number of carbonyl (C=O) groups excluding carboxylic acids is 1. The lowest BCUT2D eigenvalue weighted by molar-refractivity contribution is -0.117. The summed E-state index contributed by atoms with van der Waals surface area (Å²) in [5, 5.41) is 11.3. The molecular weight excluding hydrogens is 316 g/mol. The minimum atomic E-state index is -0.603. The lowest BCUT2D eigenvalue weighted by Crippen LogP contribution is -2.16. The van der Waals surface area contributed by atoms with Crippen molar-refractivity contribution in [2.45, 2.75) is 33.1 Å². The van der Waals surface area contributed by atoms with Gasteiger partial charge in [-0.25, -0.2) is 4.79 Å². The van der Waals surface area contributed by atoms with Gasteiger partial charge in [0.1, 0.15) is 17.1 Å². The van der Waals surface area contributed by atoms with Crippen LogP contribution in [0.2, 0.25) is 0 Å². The van der Waals surface area contributed by atoms with Gasteiger partial charge >= 0.3 is 5.63 Å². The summed E-state index contributed by atoms with van der Waals surface area (Å²) in [6.07, 6.45) is 0.124. The van der Waals surface area contributed by atoms with Crippen LogP contribution in [-0.4, -0.2) is 10.9 Å². The number of fused-ring (bicyclic) bond motifs is 1. The maximum Gasteiger partial charge on any atom is 0.343 e. The molecule has 0 saturated carbocycles. The molecule has 3 rings (SSSR count). The van der Waals surface area contributed by atoms with Crippen LogP contribution in [0, 0.1) is 13.8 Å². The molecule has 4 heteroatoms. The normalized spacial score (nSPS) is 12.3. The molecule has 0 fully saturated rings. The Morgan fingerprint density at radius 1 is 1.12 bits per heavy atom. The SMILES string of the molecule is CC(=O)CC(c1ccccc1)c1c(O)c2ccc(C)c(C)c2oc1=O. The van der Waals surface area contributed by atoms with Crippen LogP contribution in [0.3, 0.4) is 0 Å². The van der Waals surface area contributed by atoms with Crippen molar-refractivity contribution in [3.05, 3.63) is 75.1 Å². The summed E-state index contributed by atoms with van der Waals surface area (Å²) in [6, 6.07) is 12.9. The Bertz CT molecular complexity index is 1000. The molecule has 1 aromatic heterocycles. The molecule has 0 aliphatic heterocycles. The van der Waals surface area contributed by atoms with E-state index in [1.165, 1.54) is 6.92 Å². The van der Waals surface area contributed by atoms with Crippen molar-refractivity contribution in [2.75, 3.05) is 0 Å². The first-order valence-electron chi connectivity index (χ1n) is 8.20. The van der Waals surface area contributed by atoms with E-state index in [9.17, 15) is 14.7 Å². The highest BCUT2D eigenvalue weighted by Crippen LogP contribution is 2.37. The number of rotatable bonds is 4. The molecule has 2 aromatic carbocycles. The summed E-state index contributed by atoms with van der Waals surface area (Å²) < 4.78 is 5.54. The second-order valence-electron chi connectivity index (χ2n) is 6.41. The van der Waals surface area contributed by atoms with E-state index >= 15 is 0 Å². The molecule has 1 unspecified atom stereocenters. The van der Waals surface area contributed by atoms with Crippen LogP contribution < -0.4 is 5.63 Å². The Balaban J connectivity index is 2.30. The van der Waals surface area contributed by atoms with Gasteiger partial charge in [-0.15, -0.1) is 0 Å². The molecule has 128 valence electrons. The van der Waals surface area contributed by atoms with Gasteiger partial charge in [-0.2, -0.15) is 0 Å². The largest absolute Gasteiger partial charge is 0.507 e. The fourth-order valence-electron chi connectivity index (χ4n) is 3.16. The zero-order valence-electron chi connectivity index (χ0n) is 14.5. The molecule has 1 atom stereocenters. The molecule has 1 heterocycles. The van der Waals surface area contributed by atoms with E-state index in [0.717, 1.165) is 16.7 Å². The number of benzene rings is 2. The highest BCUT2D eigenvalue weighted by Gasteiger charge is 2.26. The molecule has 4 nitrogen and oxygen atoms in total. The summed E-state index contributed by atoms with van der Waals surface area (Å²) in [5.41, 5.74) is 2.51. The van der Waals surface area contributed by atoms with Crippen LogP contribution in [0.15, 0.2) is 51.7 Å². The van der Waals surface area contributed by atoms with Crippen molar-refractivity contribution in [3.63, 3.8) is 0 Å². The van der Waals surface area contributed by atoms with Crippen LogP contribution in [0.1, 0.15) is 41.5 Å². The molecule has 0 aliphatic rings. The molecular formula is C21H20O4. The number of Topliss-reactive ketones (excluding diaryl/α,β-unsaturated/α-hetero) is 1. The summed E-state index contributed by atoms with van der Waals surface area (Å²) in [4.78, 5) is 24.4. The van der Waals surface area contributed by atoms with Crippen molar-refractivity contribution in [3.8, 4) is 5.75 Å². The Labute approximate surface area is 145 Å². The van der Waals surface area contributed by atoms with Gasteiger partial charge in [0.2, 0.25) is 0 Å². The third-order valence-electron chi connectivity index (χ3n) is 4.64. The fraction of sp³-hybridized carbons (Fsp3) is 0.238. The standard InChI is InChI=1S/C21H20O4/c1-12-9-10-16-19(23)18(21(24)25-20(16)14(12)3)17(11-13(2)22)15-7-5-4-6-8-15/h4-10,17,23H,11H2,1-3H3. The van der Waals surface area contributed by atoms with Crippen molar-refractivity contribution in [1.82, 2.24) is 0 Å². The Kier molecular flexibility index (Phi) is 4.45. The molecule has 1 N–H and O–H groups in total. The van der Waals surface area contributed by atoms with E-state index in [4.69, 9.17) is 4.42 Å². The Morgan fingerprint density at radius 3 is 2.44 bits per heavy atom. The number of ketones is 1. The van der Waals surface area contributed by atoms with Gasteiger partial charge in [0.25, 0.3) is 0 Å². The fourth-order valence-corrected chi connectivity index (χ4v) is 3.16. The topological polar surface area (TPSA) is 67.5 Å². The zero-order chi connectivity index (χ0) is 18.1. The summed E-state index contributed by atoms with van der Waals surface area (Å²) in [5.74, 6) is -0.710. The zero-order valence-corrected chi connectivity index (χ0v) is 14.5. The smallest absolute Gasteiger partial charge is 0.343 e. The van der Waals surface area contributed by atoms with Gasteiger partial charge < -0.3 is 9.52 Å². The average Bonchev–Trinajstić information content (AvgIpc) is 2.58. The van der Waals surface area contributed by atoms with Crippen LogP contribution in [0.5, 0.6) is 5.75 Å². The minimum Gasteiger partial charge on any atom is -0.507 e. The van der Waals surface area contributed by atoms with E-state index in [1.807, 2.05) is 50.2 Å². The first-order chi connectivity index (χ1) is 11.9. The number of carbonyl (C=O) groups is 1. The molecule has 0 aliphatic carbocycles. The van der Waals surface area contributed by atoms with Crippen LogP contribution in [0.4, 0.5) is 0 Å². The molecule has 0 saturated heterocycles.